The van der Waals surface area contributed by atoms with Crippen molar-refractivity contribution in [2.45, 2.75) is 6.92 Å². The lowest BCUT2D eigenvalue weighted by molar-refractivity contribution is 0.306. The Hall–Kier alpha value is -2.11. The van der Waals surface area contributed by atoms with E-state index in [2.05, 4.69) is 5.32 Å². The molecule has 0 atom stereocenters. The van der Waals surface area contributed by atoms with Crippen LogP contribution in [0.25, 0.3) is 0 Å². The van der Waals surface area contributed by atoms with Crippen molar-refractivity contribution < 1.29 is 9.84 Å². The van der Waals surface area contributed by atoms with Gasteiger partial charge < -0.3 is 20.1 Å². The Labute approximate surface area is 136 Å². The lowest BCUT2D eigenvalue weighted by Crippen LogP contribution is -2.37. The Balaban J connectivity index is 2.18. The molecule has 0 aliphatic carbocycles. The number of aliphatic hydroxyl groups excluding tert-OH is 1. The number of para-hydroxylation sites is 3. The summed E-state index contributed by atoms with van der Waals surface area (Å²) in [5.41, 5.74) is 1.75. The maximum absolute atomic E-state index is 9.30. The molecular weight excluding hydrogens is 296 g/mol. The zero-order chi connectivity index (χ0) is 15.8. The molecule has 0 unspecified atom stereocenters. The molecule has 0 aromatic heterocycles. The highest BCUT2D eigenvalue weighted by Gasteiger charge is 2.13. The summed E-state index contributed by atoms with van der Waals surface area (Å²) in [6.07, 6.45) is 0. The van der Waals surface area contributed by atoms with Gasteiger partial charge in [0.1, 0.15) is 5.75 Å². The number of thiocarbonyl (C=S) groups is 1. The first-order chi connectivity index (χ1) is 10.8. The van der Waals surface area contributed by atoms with Crippen molar-refractivity contribution in [3.8, 4) is 5.75 Å². The zero-order valence-electron chi connectivity index (χ0n) is 12.5. The molecule has 22 heavy (non-hydrogen) atoms. The molecule has 0 saturated heterocycles. The van der Waals surface area contributed by atoms with Crippen LogP contribution in [0.5, 0.6) is 5.75 Å². The standard InChI is InChI=1S/C17H20N2O2S/c1-2-21-16-11-7-6-10-15(16)18-17(22)19(12-13-20)14-8-4-3-5-9-14/h3-11,20H,2,12-13H2,1H3,(H,18,22). The summed E-state index contributed by atoms with van der Waals surface area (Å²) in [5.74, 6) is 0.754. The lowest BCUT2D eigenvalue weighted by Gasteiger charge is -2.25. The number of anilines is 2. The molecule has 0 heterocycles. The van der Waals surface area contributed by atoms with Crippen molar-refractivity contribution in [1.82, 2.24) is 0 Å². The van der Waals surface area contributed by atoms with E-state index in [1.807, 2.05) is 66.4 Å². The smallest absolute Gasteiger partial charge is 0.178 e. The van der Waals surface area contributed by atoms with Gasteiger partial charge in [-0.25, -0.2) is 0 Å². The van der Waals surface area contributed by atoms with Gasteiger partial charge in [0.2, 0.25) is 0 Å². The van der Waals surface area contributed by atoms with Crippen molar-refractivity contribution in [1.29, 1.82) is 0 Å². The summed E-state index contributed by atoms with van der Waals surface area (Å²) >= 11 is 5.50. The van der Waals surface area contributed by atoms with E-state index in [1.165, 1.54) is 0 Å². The number of rotatable bonds is 6. The SMILES string of the molecule is CCOc1ccccc1NC(=S)N(CCO)c1ccccc1. The third kappa shape index (κ3) is 4.19. The Morgan fingerprint density at radius 3 is 2.50 bits per heavy atom. The molecule has 0 aliphatic heterocycles. The number of nitrogens with one attached hydrogen (secondary N) is 1. The molecular formula is C17H20N2O2S. The predicted molar refractivity (Wildman–Crippen MR) is 94.7 cm³/mol. The van der Waals surface area contributed by atoms with E-state index in [-0.39, 0.29) is 6.61 Å². The second kappa shape index (κ2) is 8.36. The van der Waals surface area contributed by atoms with Gasteiger partial charge in [0, 0.05) is 12.2 Å². The molecule has 2 rings (SSSR count). The number of aliphatic hydroxyl groups is 1. The van der Waals surface area contributed by atoms with Crippen LogP contribution in [0.2, 0.25) is 0 Å². The second-order valence-corrected chi connectivity index (χ2v) is 4.96. The molecule has 0 aliphatic rings. The summed E-state index contributed by atoms with van der Waals surface area (Å²) in [4.78, 5) is 1.86. The van der Waals surface area contributed by atoms with E-state index in [0.717, 1.165) is 17.1 Å². The van der Waals surface area contributed by atoms with Crippen LogP contribution in [-0.2, 0) is 0 Å². The monoisotopic (exact) mass is 316 g/mol. The van der Waals surface area contributed by atoms with Crippen LogP contribution in [0.4, 0.5) is 11.4 Å². The van der Waals surface area contributed by atoms with Crippen LogP contribution in [0.1, 0.15) is 6.92 Å². The fraction of sp³-hybridized carbons (Fsp3) is 0.235. The first kappa shape index (κ1) is 16.3. The quantitative estimate of drug-likeness (QED) is 0.801. The number of hydrogen-bond acceptors (Lipinski definition) is 3. The Bertz CT molecular complexity index is 605. The van der Waals surface area contributed by atoms with Gasteiger partial charge in [0.05, 0.1) is 18.9 Å². The molecule has 0 spiro atoms. The Kier molecular flexibility index (Phi) is 6.18. The average Bonchev–Trinajstić information content (AvgIpc) is 2.55. The minimum Gasteiger partial charge on any atom is -0.492 e. The van der Waals surface area contributed by atoms with E-state index in [9.17, 15) is 5.11 Å². The summed E-state index contributed by atoms with van der Waals surface area (Å²) in [7, 11) is 0. The number of hydrogen-bond donors (Lipinski definition) is 2. The van der Waals surface area contributed by atoms with E-state index in [0.29, 0.717) is 18.3 Å². The van der Waals surface area contributed by atoms with Crippen molar-refractivity contribution in [2.24, 2.45) is 0 Å². The van der Waals surface area contributed by atoms with E-state index < -0.39 is 0 Å². The van der Waals surface area contributed by atoms with Gasteiger partial charge in [-0.2, -0.15) is 0 Å². The highest BCUT2D eigenvalue weighted by Crippen LogP contribution is 2.25. The van der Waals surface area contributed by atoms with Gasteiger partial charge in [-0.05, 0) is 43.4 Å². The van der Waals surface area contributed by atoms with E-state index in [1.54, 1.807) is 0 Å². The van der Waals surface area contributed by atoms with Crippen LogP contribution < -0.4 is 15.0 Å². The van der Waals surface area contributed by atoms with Crippen molar-refractivity contribution in [2.75, 3.05) is 30.0 Å². The van der Waals surface area contributed by atoms with E-state index >= 15 is 0 Å². The molecule has 2 aromatic rings. The fourth-order valence-corrected chi connectivity index (χ4v) is 2.40. The van der Waals surface area contributed by atoms with Gasteiger partial charge in [-0.1, -0.05) is 30.3 Å². The largest absolute Gasteiger partial charge is 0.492 e. The third-order valence-electron chi connectivity index (χ3n) is 3.07. The van der Waals surface area contributed by atoms with Crippen molar-refractivity contribution in [3.63, 3.8) is 0 Å². The van der Waals surface area contributed by atoms with E-state index in [4.69, 9.17) is 17.0 Å². The average molecular weight is 316 g/mol. The number of nitrogens with zero attached hydrogens (tertiary/aromatic N) is 1. The molecule has 116 valence electrons. The molecule has 0 saturated carbocycles. The van der Waals surface area contributed by atoms with Crippen molar-refractivity contribution >= 4 is 28.7 Å². The molecule has 2 N–H and O–H groups in total. The normalized spacial score (nSPS) is 10.1. The highest BCUT2D eigenvalue weighted by molar-refractivity contribution is 7.80. The molecule has 0 fully saturated rings. The number of ether oxygens (including phenoxy) is 1. The van der Waals surface area contributed by atoms with Gasteiger partial charge in [-0.3, -0.25) is 0 Å². The fourth-order valence-electron chi connectivity index (χ4n) is 2.09. The maximum Gasteiger partial charge on any atom is 0.178 e. The molecule has 4 nitrogen and oxygen atoms in total. The third-order valence-corrected chi connectivity index (χ3v) is 3.39. The Morgan fingerprint density at radius 2 is 1.82 bits per heavy atom. The Morgan fingerprint density at radius 1 is 1.14 bits per heavy atom. The van der Waals surface area contributed by atoms with Crippen LogP contribution in [-0.4, -0.2) is 30.0 Å². The maximum atomic E-state index is 9.30. The van der Waals surface area contributed by atoms with Crippen LogP contribution >= 0.6 is 12.2 Å². The predicted octanol–water partition coefficient (Wildman–Crippen LogP) is 3.28. The van der Waals surface area contributed by atoms with Crippen LogP contribution in [0.3, 0.4) is 0 Å². The molecule has 0 bridgehead atoms. The van der Waals surface area contributed by atoms with Crippen molar-refractivity contribution in [3.05, 3.63) is 54.6 Å². The van der Waals surface area contributed by atoms with Gasteiger partial charge in [0.25, 0.3) is 0 Å². The molecule has 5 heteroatoms. The first-order valence-electron chi connectivity index (χ1n) is 7.22. The highest BCUT2D eigenvalue weighted by atomic mass is 32.1. The summed E-state index contributed by atoms with van der Waals surface area (Å²) in [6, 6.07) is 17.4. The zero-order valence-corrected chi connectivity index (χ0v) is 13.3. The lowest BCUT2D eigenvalue weighted by atomic mass is 10.3. The van der Waals surface area contributed by atoms with Crippen LogP contribution in [0, 0.1) is 0 Å². The second-order valence-electron chi connectivity index (χ2n) is 4.57. The minimum absolute atomic E-state index is 0.0177. The first-order valence-corrected chi connectivity index (χ1v) is 7.63. The van der Waals surface area contributed by atoms with Gasteiger partial charge in [-0.15, -0.1) is 0 Å². The molecule has 0 radical (unpaired) electrons. The van der Waals surface area contributed by atoms with Gasteiger partial charge in [0.15, 0.2) is 5.11 Å². The number of benzene rings is 2. The summed E-state index contributed by atoms with van der Waals surface area (Å²) in [5, 5.41) is 13.0. The van der Waals surface area contributed by atoms with Crippen LogP contribution in [0.15, 0.2) is 54.6 Å². The summed E-state index contributed by atoms with van der Waals surface area (Å²) in [6.45, 7) is 2.97. The minimum atomic E-state index is 0.0177. The molecule has 0 amide bonds. The summed E-state index contributed by atoms with van der Waals surface area (Å²) < 4.78 is 5.59. The van der Waals surface area contributed by atoms with Gasteiger partial charge >= 0.3 is 0 Å². The topological polar surface area (TPSA) is 44.7 Å². The molecule has 2 aromatic carbocycles.